The fraction of sp³-hybridized carbons (Fsp3) is 0.100. The summed E-state index contributed by atoms with van der Waals surface area (Å²) in [6, 6.07) is 4.89. The van der Waals surface area contributed by atoms with Crippen LogP contribution in [0.3, 0.4) is 0 Å². The highest BCUT2D eigenvalue weighted by molar-refractivity contribution is 6.31. The van der Waals surface area contributed by atoms with Gasteiger partial charge in [-0.3, -0.25) is 0 Å². The molecule has 4 heteroatoms. The third kappa shape index (κ3) is 1.34. The van der Waals surface area contributed by atoms with E-state index in [4.69, 9.17) is 16.9 Å². The predicted molar refractivity (Wildman–Crippen MR) is 52.6 cm³/mol. The summed E-state index contributed by atoms with van der Waals surface area (Å²) in [5.41, 5.74) is 1.54. The lowest BCUT2D eigenvalue weighted by atomic mass is 10.1. The van der Waals surface area contributed by atoms with Crippen molar-refractivity contribution in [1.82, 2.24) is 4.98 Å². The molecule has 1 aromatic carbocycles. The molecule has 70 valence electrons. The topological polar surface area (TPSA) is 39.6 Å². The molecule has 0 bridgehead atoms. The number of aromatic nitrogens is 1. The second-order valence-electron chi connectivity index (χ2n) is 2.96. The summed E-state index contributed by atoms with van der Waals surface area (Å²) in [5.74, 6) is -0.460. The first-order valence-electron chi connectivity index (χ1n) is 4.04. The van der Waals surface area contributed by atoms with Gasteiger partial charge in [0.25, 0.3) is 0 Å². The number of aromatic amines is 1. The second-order valence-corrected chi connectivity index (χ2v) is 3.37. The number of fused-ring (bicyclic) bond motifs is 1. The first kappa shape index (κ1) is 9.04. The summed E-state index contributed by atoms with van der Waals surface area (Å²) in [4.78, 5) is 2.94. The highest BCUT2D eigenvalue weighted by Gasteiger charge is 2.07. The van der Waals surface area contributed by atoms with Gasteiger partial charge in [-0.1, -0.05) is 11.6 Å². The van der Waals surface area contributed by atoms with Gasteiger partial charge in [0.1, 0.15) is 5.82 Å². The third-order valence-corrected chi connectivity index (χ3v) is 2.37. The Kier molecular flexibility index (Phi) is 2.14. The van der Waals surface area contributed by atoms with Crippen molar-refractivity contribution >= 4 is 22.5 Å². The van der Waals surface area contributed by atoms with E-state index in [1.165, 1.54) is 12.1 Å². The SMILES string of the molecule is N#CCc1c[nH]c2cc(Cl)c(F)cc12. The summed E-state index contributed by atoms with van der Waals surface area (Å²) >= 11 is 5.61. The predicted octanol–water partition coefficient (Wildman–Crippen LogP) is 3.03. The molecule has 0 saturated carbocycles. The minimum atomic E-state index is -0.460. The summed E-state index contributed by atoms with van der Waals surface area (Å²) in [5, 5.41) is 9.34. The minimum absolute atomic E-state index is 0.0860. The second kappa shape index (κ2) is 3.32. The molecule has 0 spiro atoms. The van der Waals surface area contributed by atoms with Gasteiger partial charge in [0.2, 0.25) is 0 Å². The molecule has 2 rings (SSSR count). The Balaban J connectivity index is 2.69. The van der Waals surface area contributed by atoms with Gasteiger partial charge < -0.3 is 4.98 Å². The number of hydrogen-bond acceptors (Lipinski definition) is 1. The van der Waals surface area contributed by atoms with Gasteiger partial charge in [0.15, 0.2) is 0 Å². The molecule has 1 aromatic heterocycles. The average molecular weight is 209 g/mol. The largest absolute Gasteiger partial charge is 0.361 e. The molecule has 0 amide bonds. The summed E-state index contributed by atoms with van der Waals surface area (Å²) in [6.45, 7) is 0. The number of nitriles is 1. The minimum Gasteiger partial charge on any atom is -0.361 e. The summed E-state index contributed by atoms with van der Waals surface area (Å²) in [6.07, 6.45) is 1.96. The maximum atomic E-state index is 13.1. The summed E-state index contributed by atoms with van der Waals surface area (Å²) < 4.78 is 13.1. The zero-order valence-corrected chi connectivity index (χ0v) is 7.90. The number of nitrogens with one attached hydrogen (secondary N) is 1. The number of rotatable bonds is 1. The van der Waals surface area contributed by atoms with Crippen LogP contribution in [0.15, 0.2) is 18.3 Å². The van der Waals surface area contributed by atoms with E-state index >= 15 is 0 Å². The fourth-order valence-corrected chi connectivity index (χ4v) is 1.57. The molecule has 0 fully saturated rings. The lowest BCUT2D eigenvalue weighted by Crippen LogP contribution is -1.80. The smallest absolute Gasteiger partial charge is 0.142 e. The molecule has 2 aromatic rings. The van der Waals surface area contributed by atoms with E-state index in [1.807, 2.05) is 6.07 Å². The molecular weight excluding hydrogens is 203 g/mol. The first-order chi connectivity index (χ1) is 6.72. The molecular formula is C10H6ClFN2. The van der Waals surface area contributed by atoms with Crippen molar-refractivity contribution < 1.29 is 4.39 Å². The molecule has 1 N–H and O–H groups in total. The van der Waals surface area contributed by atoms with Gasteiger partial charge in [-0.05, 0) is 17.7 Å². The molecule has 2 nitrogen and oxygen atoms in total. The van der Waals surface area contributed by atoms with E-state index in [1.54, 1.807) is 6.20 Å². The first-order valence-corrected chi connectivity index (χ1v) is 4.42. The maximum absolute atomic E-state index is 13.1. The number of benzene rings is 1. The van der Waals surface area contributed by atoms with Crippen LogP contribution >= 0.6 is 11.6 Å². The van der Waals surface area contributed by atoms with Gasteiger partial charge >= 0.3 is 0 Å². The van der Waals surface area contributed by atoms with E-state index in [-0.39, 0.29) is 11.4 Å². The molecule has 14 heavy (non-hydrogen) atoms. The van der Waals surface area contributed by atoms with Crippen LogP contribution in [0.1, 0.15) is 5.56 Å². The van der Waals surface area contributed by atoms with Gasteiger partial charge in [-0.2, -0.15) is 5.26 Å². The zero-order valence-electron chi connectivity index (χ0n) is 7.14. The van der Waals surface area contributed by atoms with Crippen molar-refractivity contribution in [2.24, 2.45) is 0 Å². The molecule has 0 aliphatic carbocycles. The summed E-state index contributed by atoms with van der Waals surface area (Å²) in [7, 11) is 0. The molecule has 0 unspecified atom stereocenters. The Bertz CT molecular complexity index is 525. The molecule has 0 saturated heterocycles. The Labute approximate surface area is 84.9 Å². The van der Waals surface area contributed by atoms with Gasteiger partial charge in [-0.25, -0.2) is 4.39 Å². The van der Waals surface area contributed by atoms with Crippen LogP contribution in [0.2, 0.25) is 5.02 Å². The van der Waals surface area contributed by atoms with E-state index < -0.39 is 5.82 Å². The van der Waals surface area contributed by atoms with E-state index in [9.17, 15) is 4.39 Å². The van der Waals surface area contributed by atoms with Crippen LogP contribution in [0.25, 0.3) is 10.9 Å². The van der Waals surface area contributed by atoms with E-state index in [0.29, 0.717) is 5.39 Å². The molecule has 0 aliphatic heterocycles. The normalized spacial score (nSPS) is 10.4. The van der Waals surface area contributed by atoms with Crippen molar-refractivity contribution in [2.75, 3.05) is 0 Å². The van der Waals surface area contributed by atoms with Crippen LogP contribution in [-0.2, 0) is 6.42 Å². The quantitative estimate of drug-likeness (QED) is 0.769. The number of H-pyrrole nitrogens is 1. The Hall–Kier alpha value is -1.53. The van der Waals surface area contributed by atoms with Crippen molar-refractivity contribution in [1.29, 1.82) is 5.26 Å². The number of nitrogens with zero attached hydrogens (tertiary/aromatic N) is 1. The lowest BCUT2D eigenvalue weighted by Gasteiger charge is -1.95. The number of hydrogen-bond donors (Lipinski definition) is 1. The average Bonchev–Trinajstić information content (AvgIpc) is 2.51. The highest BCUT2D eigenvalue weighted by Crippen LogP contribution is 2.25. The van der Waals surface area contributed by atoms with Gasteiger partial charge in [0.05, 0.1) is 17.5 Å². The van der Waals surface area contributed by atoms with E-state index in [2.05, 4.69) is 4.98 Å². The number of halogens is 2. The molecule has 0 atom stereocenters. The van der Waals surface area contributed by atoms with Gasteiger partial charge in [-0.15, -0.1) is 0 Å². The monoisotopic (exact) mass is 208 g/mol. The Morgan fingerprint density at radius 3 is 3.00 bits per heavy atom. The third-order valence-electron chi connectivity index (χ3n) is 2.08. The van der Waals surface area contributed by atoms with Crippen LogP contribution in [0.4, 0.5) is 4.39 Å². The van der Waals surface area contributed by atoms with Crippen molar-refractivity contribution in [3.05, 3.63) is 34.7 Å². The van der Waals surface area contributed by atoms with Crippen LogP contribution in [0.5, 0.6) is 0 Å². The fourth-order valence-electron chi connectivity index (χ4n) is 1.41. The standard InChI is InChI=1S/C10H6ClFN2/c11-8-4-10-7(3-9(8)12)6(1-2-13)5-14-10/h3-5,14H,1H2. The Morgan fingerprint density at radius 1 is 1.50 bits per heavy atom. The van der Waals surface area contributed by atoms with E-state index in [0.717, 1.165) is 11.1 Å². The maximum Gasteiger partial charge on any atom is 0.142 e. The lowest BCUT2D eigenvalue weighted by molar-refractivity contribution is 0.630. The molecule has 0 aliphatic rings. The Morgan fingerprint density at radius 2 is 2.29 bits per heavy atom. The van der Waals surface area contributed by atoms with Gasteiger partial charge in [0, 0.05) is 17.1 Å². The molecule has 0 radical (unpaired) electrons. The zero-order chi connectivity index (χ0) is 10.1. The van der Waals surface area contributed by atoms with Crippen molar-refractivity contribution in [3.8, 4) is 6.07 Å². The van der Waals surface area contributed by atoms with Crippen molar-refractivity contribution in [2.45, 2.75) is 6.42 Å². The highest BCUT2D eigenvalue weighted by atomic mass is 35.5. The van der Waals surface area contributed by atoms with Crippen LogP contribution in [-0.4, -0.2) is 4.98 Å². The van der Waals surface area contributed by atoms with Crippen molar-refractivity contribution in [3.63, 3.8) is 0 Å². The van der Waals surface area contributed by atoms with Crippen LogP contribution in [0, 0.1) is 17.1 Å². The molecule has 1 heterocycles. The van der Waals surface area contributed by atoms with Crippen LogP contribution < -0.4 is 0 Å².